The van der Waals surface area contributed by atoms with Crippen LogP contribution in [0.5, 0.6) is 0 Å². The van der Waals surface area contributed by atoms with E-state index in [0.717, 1.165) is 18.9 Å². The van der Waals surface area contributed by atoms with Crippen molar-refractivity contribution in [3.05, 3.63) is 35.1 Å². The molecule has 0 saturated carbocycles. The van der Waals surface area contributed by atoms with Crippen molar-refractivity contribution in [3.63, 3.8) is 0 Å². The molecule has 4 nitrogen and oxygen atoms in total. The minimum absolute atomic E-state index is 0.0335. The highest BCUT2D eigenvalue weighted by Gasteiger charge is 2.62. The molecule has 1 aromatic carbocycles. The van der Waals surface area contributed by atoms with Gasteiger partial charge in [0.1, 0.15) is 5.82 Å². The summed E-state index contributed by atoms with van der Waals surface area (Å²) >= 11 is 0. The molecular formula is C19H22F4N2O2. The second-order valence-corrected chi connectivity index (χ2v) is 7.91. The Morgan fingerprint density at radius 3 is 2.89 bits per heavy atom. The lowest BCUT2D eigenvalue weighted by atomic mass is 9.73. The van der Waals surface area contributed by atoms with E-state index in [1.807, 2.05) is 4.90 Å². The molecule has 0 aliphatic carbocycles. The van der Waals surface area contributed by atoms with Gasteiger partial charge in [-0.05, 0) is 24.5 Å². The van der Waals surface area contributed by atoms with Crippen molar-refractivity contribution in [1.29, 1.82) is 0 Å². The largest absolute Gasteiger partial charge is 0.419 e. The number of amides is 1. The molecule has 0 radical (unpaired) electrons. The quantitative estimate of drug-likeness (QED) is 0.809. The number of hydrogen-bond acceptors (Lipinski definition) is 3. The Balaban J connectivity index is 1.52. The molecule has 8 heteroatoms. The van der Waals surface area contributed by atoms with E-state index in [4.69, 9.17) is 4.74 Å². The number of nitrogens with one attached hydrogen (secondary N) is 1. The SMILES string of the molecule is CC(=O)NC[C@H]1[C@H]2CN(Cc3cccc(F)c3C(F)(F)F)C[C@]23CC[C@H]1O3. The zero-order valence-electron chi connectivity index (χ0n) is 15.0. The van der Waals surface area contributed by atoms with Crippen molar-refractivity contribution in [2.24, 2.45) is 11.8 Å². The highest BCUT2D eigenvalue weighted by atomic mass is 19.4. The Kier molecular flexibility index (Phi) is 4.46. The van der Waals surface area contributed by atoms with Gasteiger partial charge in [0.15, 0.2) is 0 Å². The third-order valence-electron chi connectivity index (χ3n) is 6.22. The van der Waals surface area contributed by atoms with E-state index in [1.165, 1.54) is 19.1 Å². The smallest absolute Gasteiger partial charge is 0.370 e. The minimum atomic E-state index is -4.72. The van der Waals surface area contributed by atoms with Gasteiger partial charge in [0.25, 0.3) is 0 Å². The summed E-state index contributed by atoms with van der Waals surface area (Å²) in [4.78, 5) is 13.2. The Morgan fingerprint density at radius 1 is 1.41 bits per heavy atom. The molecule has 3 saturated heterocycles. The summed E-state index contributed by atoms with van der Waals surface area (Å²) in [6.07, 6.45) is -2.84. The zero-order valence-corrected chi connectivity index (χ0v) is 15.0. The molecule has 1 N–H and O–H groups in total. The van der Waals surface area contributed by atoms with Crippen LogP contribution in [-0.2, 0) is 22.3 Å². The fraction of sp³-hybridized carbons (Fsp3) is 0.632. The molecule has 1 amide bonds. The number of hydrogen-bond donors (Lipinski definition) is 1. The van der Waals surface area contributed by atoms with E-state index in [-0.39, 0.29) is 41.6 Å². The molecule has 4 rings (SSSR count). The first-order valence-corrected chi connectivity index (χ1v) is 9.19. The van der Waals surface area contributed by atoms with Crippen LogP contribution >= 0.6 is 0 Å². The summed E-state index contributed by atoms with van der Waals surface area (Å²) in [5, 5.41) is 2.85. The van der Waals surface area contributed by atoms with E-state index >= 15 is 0 Å². The van der Waals surface area contributed by atoms with E-state index in [2.05, 4.69) is 5.32 Å². The van der Waals surface area contributed by atoms with Crippen molar-refractivity contribution in [3.8, 4) is 0 Å². The average Bonchev–Trinajstić information content (AvgIpc) is 3.19. The summed E-state index contributed by atoms with van der Waals surface area (Å²) < 4.78 is 59.9. The van der Waals surface area contributed by atoms with E-state index in [0.29, 0.717) is 19.6 Å². The predicted octanol–water partition coefficient (Wildman–Crippen LogP) is 2.96. The van der Waals surface area contributed by atoms with Crippen molar-refractivity contribution < 1.29 is 27.1 Å². The van der Waals surface area contributed by atoms with Crippen molar-refractivity contribution in [2.75, 3.05) is 19.6 Å². The molecule has 27 heavy (non-hydrogen) atoms. The lowest BCUT2D eigenvalue weighted by Gasteiger charge is -2.29. The summed E-state index contributed by atoms with van der Waals surface area (Å²) in [5.41, 5.74) is -1.58. The molecule has 3 aliphatic heterocycles. The fourth-order valence-corrected chi connectivity index (χ4v) is 5.20. The Morgan fingerprint density at radius 2 is 2.19 bits per heavy atom. The van der Waals surface area contributed by atoms with Crippen LogP contribution in [0.2, 0.25) is 0 Å². The lowest BCUT2D eigenvalue weighted by molar-refractivity contribution is -0.140. The first-order chi connectivity index (χ1) is 12.7. The minimum Gasteiger partial charge on any atom is -0.370 e. The van der Waals surface area contributed by atoms with Gasteiger partial charge < -0.3 is 10.1 Å². The monoisotopic (exact) mass is 386 g/mol. The molecule has 0 unspecified atom stereocenters. The van der Waals surface area contributed by atoms with Crippen molar-refractivity contribution in [2.45, 2.75) is 44.2 Å². The van der Waals surface area contributed by atoms with Crippen molar-refractivity contribution in [1.82, 2.24) is 10.2 Å². The maximum Gasteiger partial charge on any atom is 0.419 e. The van der Waals surface area contributed by atoms with Gasteiger partial charge in [-0.3, -0.25) is 9.69 Å². The molecule has 3 aliphatic rings. The van der Waals surface area contributed by atoms with Crippen LogP contribution < -0.4 is 5.32 Å². The van der Waals surface area contributed by atoms with E-state index in [1.54, 1.807) is 0 Å². The van der Waals surface area contributed by atoms with Crippen LogP contribution in [0.25, 0.3) is 0 Å². The van der Waals surface area contributed by atoms with Gasteiger partial charge in [-0.15, -0.1) is 0 Å². The lowest BCUT2D eigenvalue weighted by Crippen LogP contribution is -2.41. The third kappa shape index (κ3) is 3.23. The Hall–Kier alpha value is -1.67. The number of benzene rings is 1. The highest BCUT2D eigenvalue weighted by molar-refractivity contribution is 5.72. The van der Waals surface area contributed by atoms with Gasteiger partial charge in [0.05, 0.1) is 17.3 Å². The fourth-order valence-electron chi connectivity index (χ4n) is 5.20. The Labute approximate surface area is 154 Å². The topological polar surface area (TPSA) is 41.6 Å². The van der Waals surface area contributed by atoms with Gasteiger partial charge in [-0.25, -0.2) is 4.39 Å². The second-order valence-electron chi connectivity index (χ2n) is 7.91. The average molecular weight is 386 g/mol. The number of ether oxygens (including phenoxy) is 1. The number of nitrogens with zero attached hydrogens (tertiary/aromatic N) is 1. The Bertz CT molecular complexity index is 754. The highest BCUT2D eigenvalue weighted by Crippen LogP contribution is 2.55. The first-order valence-electron chi connectivity index (χ1n) is 9.19. The molecule has 148 valence electrons. The van der Waals surface area contributed by atoms with Crippen LogP contribution in [0.15, 0.2) is 18.2 Å². The predicted molar refractivity (Wildman–Crippen MR) is 89.2 cm³/mol. The number of carbonyl (C=O) groups excluding carboxylic acids is 1. The zero-order chi connectivity index (χ0) is 19.4. The molecule has 3 fully saturated rings. The van der Waals surface area contributed by atoms with Gasteiger partial charge in [0.2, 0.25) is 5.91 Å². The maximum atomic E-state index is 13.8. The normalized spacial score (nSPS) is 32.7. The standard InChI is InChI=1S/C19H22F4N2O2/c1-11(26)24-7-13-14-9-25(10-18(14)6-5-16(13)27-18)8-12-3-2-4-15(20)17(12)19(21,22)23/h2-4,13-14,16H,5-10H2,1H3,(H,24,26)/t13-,14+,16+,18+/m0/s1. The van der Waals surface area contributed by atoms with E-state index in [9.17, 15) is 22.4 Å². The van der Waals surface area contributed by atoms with Gasteiger partial charge in [0, 0.05) is 44.9 Å². The van der Waals surface area contributed by atoms with Crippen LogP contribution in [0.1, 0.15) is 30.9 Å². The van der Waals surface area contributed by atoms with E-state index < -0.39 is 17.6 Å². The van der Waals surface area contributed by atoms with Crippen LogP contribution in [0.3, 0.4) is 0 Å². The number of halogens is 4. The molecule has 1 spiro atoms. The third-order valence-corrected chi connectivity index (χ3v) is 6.22. The van der Waals surface area contributed by atoms with Gasteiger partial charge >= 0.3 is 6.18 Å². The van der Waals surface area contributed by atoms with Gasteiger partial charge in [-0.2, -0.15) is 13.2 Å². The number of fused-ring (bicyclic) bond motifs is 1. The summed E-state index contributed by atoms with van der Waals surface area (Å²) in [6.45, 7) is 3.15. The molecular weight excluding hydrogens is 364 g/mol. The molecule has 0 aromatic heterocycles. The first kappa shape index (κ1) is 18.7. The van der Waals surface area contributed by atoms with Crippen LogP contribution in [0, 0.1) is 17.7 Å². The molecule has 1 aromatic rings. The second kappa shape index (κ2) is 6.44. The van der Waals surface area contributed by atoms with Crippen LogP contribution in [0.4, 0.5) is 17.6 Å². The summed E-state index contributed by atoms with van der Waals surface area (Å²) in [6, 6.07) is 3.50. The number of alkyl halides is 3. The van der Waals surface area contributed by atoms with Crippen molar-refractivity contribution >= 4 is 5.91 Å². The summed E-state index contributed by atoms with van der Waals surface area (Å²) in [5.74, 6) is -0.997. The van der Waals surface area contributed by atoms with Crippen LogP contribution in [-0.4, -0.2) is 42.1 Å². The molecule has 4 atom stereocenters. The molecule has 3 heterocycles. The molecule has 2 bridgehead atoms. The number of rotatable bonds is 4. The number of carbonyl (C=O) groups is 1. The maximum absolute atomic E-state index is 13.8. The van der Waals surface area contributed by atoms with Gasteiger partial charge in [-0.1, -0.05) is 12.1 Å². The summed E-state index contributed by atoms with van der Waals surface area (Å²) in [7, 11) is 0. The number of likely N-dealkylation sites (tertiary alicyclic amines) is 1.